The van der Waals surface area contributed by atoms with E-state index < -0.39 is 6.04 Å². The number of anilines is 1. The van der Waals surface area contributed by atoms with E-state index in [-0.39, 0.29) is 23.8 Å². The van der Waals surface area contributed by atoms with Crippen molar-refractivity contribution in [2.75, 3.05) is 5.32 Å². The summed E-state index contributed by atoms with van der Waals surface area (Å²) in [5.74, 6) is -0.306. The predicted octanol–water partition coefficient (Wildman–Crippen LogP) is 1.89. The van der Waals surface area contributed by atoms with E-state index in [9.17, 15) is 9.59 Å². The van der Waals surface area contributed by atoms with Crippen LogP contribution in [0.1, 0.15) is 43.5 Å². The molecule has 114 valence electrons. The molecule has 5 heteroatoms. The zero-order valence-electron chi connectivity index (χ0n) is 12.6. The highest BCUT2D eigenvalue weighted by molar-refractivity contribution is 6.05. The minimum Gasteiger partial charge on any atom is -0.349 e. The van der Waals surface area contributed by atoms with Crippen LogP contribution in [0.3, 0.4) is 0 Å². The highest BCUT2D eigenvalue weighted by atomic mass is 16.2. The second-order valence-electron chi connectivity index (χ2n) is 5.69. The lowest BCUT2D eigenvalue weighted by Crippen LogP contribution is -2.41. The van der Waals surface area contributed by atoms with E-state index in [0.29, 0.717) is 11.3 Å². The normalized spacial score (nSPS) is 16.9. The third-order valence-corrected chi connectivity index (χ3v) is 3.90. The first kappa shape index (κ1) is 15.5. The fourth-order valence-corrected chi connectivity index (χ4v) is 2.01. The summed E-state index contributed by atoms with van der Waals surface area (Å²) in [5, 5.41) is 5.70. The molecule has 1 saturated carbocycles. The van der Waals surface area contributed by atoms with Crippen molar-refractivity contribution in [3.63, 3.8) is 0 Å². The topological polar surface area (TPSA) is 84.2 Å². The standard InChI is InChI=1S/C16H23N3O2/c1-3-10(2)14(17)16(21)19-13-7-5-4-6-12(13)15(20)18-11-8-9-11/h4-7,10-11,14H,3,8-9,17H2,1-2H3,(H,18,20)(H,19,21)/t10-,14-/m0/s1. The van der Waals surface area contributed by atoms with E-state index in [2.05, 4.69) is 10.6 Å². The van der Waals surface area contributed by atoms with Gasteiger partial charge in [-0.25, -0.2) is 0 Å². The molecule has 2 amide bonds. The Bertz CT molecular complexity index is 526. The SMILES string of the molecule is CC[C@H](C)[C@H](N)C(=O)Nc1ccccc1C(=O)NC1CC1. The van der Waals surface area contributed by atoms with Crippen molar-refractivity contribution in [3.05, 3.63) is 29.8 Å². The number of hydrogen-bond acceptors (Lipinski definition) is 3. The van der Waals surface area contributed by atoms with Gasteiger partial charge in [-0.15, -0.1) is 0 Å². The Labute approximate surface area is 125 Å². The van der Waals surface area contributed by atoms with Gasteiger partial charge in [0.05, 0.1) is 17.3 Å². The second-order valence-corrected chi connectivity index (χ2v) is 5.69. The molecule has 0 saturated heterocycles. The molecule has 0 unspecified atom stereocenters. The summed E-state index contributed by atoms with van der Waals surface area (Å²) in [6.45, 7) is 3.94. The van der Waals surface area contributed by atoms with Crippen LogP contribution in [0.25, 0.3) is 0 Å². The molecule has 0 radical (unpaired) electrons. The van der Waals surface area contributed by atoms with Crippen LogP contribution in [-0.4, -0.2) is 23.9 Å². The molecule has 1 aliphatic rings. The summed E-state index contributed by atoms with van der Waals surface area (Å²) >= 11 is 0. The van der Waals surface area contributed by atoms with Crippen molar-refractivity contribution < 1.29 is 9.59 Å². The Hall–Kier alpha value is -1.88. The van der Waals surface area contributed by atoms with Gasteiger partial charge in [-0.05, 0) is 30.9 Å². The number of benzene rings is 1. The molecule has 2 rings (SSSR count). The van der Waals surface area contributed by atoms with Crippen molar-refractivity contribution >= 4 is 17.5 Å². The molecular formula is C16H23N3O2. The van der Waals surface area contributed by atoms with Crippen LogP contribution < -0.4 is 16.4 Å². The third kappa shape index (κ3) is 4.04. The van der Waals surface area contributed by atoms with Crippen LogP contribution in [0.2, 0.25) is 0 Å². The molecule has 1 aromatic rings. The van der Waals surface area contributed by atoms with Crippen LogP contribution >= 0.6 is 0 Å². The van der Waals surface area contributed by atoms with Gasteiger partial charge in [0.15, 0.2) is 0 Å². The van der Waals surface area contributed by atoms with Gasteiger partial charge in [0, 0.05) is 6.04 Å². The molecule has 0 aliphatic heterocycles. The monoisotopic (exact) mass is 289 g/mol. The highest BCUT2D eigenvalue weighted by Crippen LogP contribution is 2.22. The largest absolute Gasteiger partial charge is 0.349 e. The number of nitrogens with one attached hydrogen (secondary N) is 2. The number of carbonyl (C=O) groups is 2. The van der Waals surface area contributed by atoms with Gasteiger partial charge in [-0.2, -0.15) is 0 Å². The lowest BCUT2D eigenvalue weighted by Gasteiger charge is -2.19. The molecule has 1 aliphatic carbocycles. The Morgan fingerprint density at radius 3 is 2.62 bits per heavy atom. The molecule has 0 heterocycles. The molecule has 0 bridgehead atoms. The van der Waals surface area contributed by atoms with E-state index in [1.807, 2.05) is 13.8 Å². The van der Waals surface area contributed by atoms with Gasteiger partial charge in [-0.1, -0.05) is 32.4 Å². The smallest absolute Gasteiger partial charge is 0.253 e. The van der Waals surface area contributed by atoms with Gasteiger partial charge in [0.2, 0.25) is 5.91 Å². The van der Waals surface area contributed by atoms with Crippen molar-refractivity contribution in [3.8, 4) is 0 Å². The number of rotatable bonds is 6. The maximum atomic E-state index is 12.2. The molecule has 21 heavy (non-hydrogen) atoms. The number of hydrogen-bond donors (Lipinski definition) is 3. The fraction of sp³-hybridized carbons (Fsp3) is 0.500. The molecule has 1 aromatic carbocycles. The van der Waals surface area contributed by atoms with Gasteiger partial charge in [0.25, 0.3) is 5.91 Å². The van der Waals surface area contributed by atoms with Gasteiger partial charge >= 0.3 is 0 Å². The molecular weight excluding hydrogens is 266 g/mol. The summed E-state index contributed by atoms with van der Waals surface area (Å²) in [6, 6.07) is 6.72. The average Bonchev–Trinajstić information content (AvgIpc) is 3.29. The highest BCUT2D eigenvalue weighted by Gasteiger charge is 2.26. The molecule has 0 spiro atoms. The Morgan fingerprint density at radius 1 is 1.33 bits per heavy atom. The number of amides is 2. The van der Waals surface area contributed by atoms with E-state index in [4.69, 9.17) is 5.73 Å². The maximum Gasteiger partial charge on any atom is 0.253 e. The van der Waals surface area contributed by atoms with E-state index in [1.54, 1.807) is 24.3 Å². The van der Waals surface area contributed by atoms with E-state index in [1.165, 1.54) is 0 Å². The van der Waals surface area contributed by atoms with E-state index >= 15 is 0 Å². The first-order valence-electron chi connectivity index (χ1n) is 7.49. The molecule has 2 atom stereocenters. The maximum absolute atomic E-state index is 12.2. The number of para-hydroxylation sites is 1. The minimum atomic E-state index is -0.574. The Balaban J connectivity index is 2.08. The Kier molecular flexibility index (Phi) is 4.96. The van der Waals surface area contributed by atoms with Crippen molar-refractivity contribution in [2.45, 2.75) is 45.2 Å². The first-order chi connectivity index (χ1) is 10.0. The second kappa shape index (κ2) is 6.72. The zero-order valence-corrected chi connectivity index (χ0v) is 12.6. The molecule has 5 nitrogen and oxygen atoms in total. The van der Waals surface area contributed by atoms with Crippen LogP contribution in [0.5, 0.6) is 0 Å². The number of carbonyl (C=O) groups excluding carboxylic acids is 2. The quantitative estimate of drug-likeness (QED) is 0.747. The summed E-state index contributed by atoms with van der Waals surface area (Å²) in [5.41, 5.74) is 6.92. The van der Waals surface area contributed by atoms with Crippen LogP contribution in [-0.2, 0) is 4.79 Å². The Morgan fingerprint density at radius 2 is 2.00 bits per heavy atom. The average molecular weight is 289 g/mol. The fourth-order valence-electron chi connectivity index (χ4n) is 2.01. The van der Waals surface area contributed by atoms with E-state index in [0.717, 1.165) is 19.3 Å². The van der Waals surface area contributed by atoms with Crippen molar-refractivity contribution in [1.82, 2.24) is 5.32 Å². The summed E-state index contributed by atoms with van der Waals surface area (Å²) in [6.07, 6.45) is 2.89. The third-order valence-electron chi connectivity index (χ3n) is 3.90. The minimum absolute atomic E-state index is 0.0949. The first-order valence-corrected chi connectivity index (χ1v) is 7.49. The lowest BCUT2D eigenvalue weighted by molar-refractivity contribution is -0.118. The predicted molar refractivity (Wildman–Crippen MR) is 83.0 cm³/mol. The summed E-state index contributed by atoms with van der Waals surface area (Å²) in [7, 11) is 0. The van der Waals surface area contributed by atoms with Crippen LogP contribution in [0.15, 0.2) is 24.3 Å². The molecule has 4 N–H and O–H groups in total. The summed E-state index contributed by atoms with van der Waals surface area (Å²) in [4.78, 5) is 24.3. The molecule has 1 fully saturated rings. The lowest BCUT2D eigenvalue weighted by atomic mass is 9.99. The van der Waals surface area contributed by atoms with Crippen molar-refractivity contribution in [2.24, 2.45) is 11.7 Å². The van der Waals surface area contributed by atoms with Crippen LogP contribution in [0, 0.1) is 5.92 Å². The van der Waals surface area contributed by atoms with Crippen molar-refractivity contribution in [1.29, 1.82) is 0 Å². The van der Waals surface area contributed by atoms with Crippen LogP contribution in [0.4, 0.5) is 5.69 Å². The zero-order chi connectivity index (χ0) is 15.4. The number of nitrogens with two attached hydrogens (primary N) is 1. The van der Waals surface area contributed by atoms with Gasteiger partial charge in [-0.3, -0.25) is 9.59 Å². The summed E-state index contributed by atoms with van der Waals surface area (Å²) < 4.78 is 0. The molecule has 0 aromatic heterocycles. The van der Waals surface area contributed by atoms with Gasteiger partial charge < -0.3 is 16.4 Å². The van der Waals surface area contributed by atoms with Gasteiger partial charge in [0.1, 0.15) is 0 Å².